The van der Waals surface area contributed by atoms with Gasteiger partial charge in [-0.1, -0.05) is 18.2 Å². The Morgan fingerprint density at radius 2 is 1.84 bits per heavy atom. The number of hydrogen-bond donors (Lipinski definition) is 1. The molecule has 1 N–H and O–H groups in total. The minimum atomic E-state index is -0.327. The van der Waals surface area contributed by atoms with Crippen molar-refractivity contribution in [1.29, 1.82) is 5.26 Å². The molecule has 32 heavy (non-hydrogen) atoms. The van der Waals surface area contributed by atoms with Crippen LogP contribution in [-0.4, -0.2) is 25.8 Å². The monoisotopic (exact) mass is 429 g/mol. The molecule has 0 saturated carbocycles. The van der Waals surface area contributed by atoms with Gasteiger partial charge in [0.15, 0.2) is 11.5 Å². The lowest BCUT2D eigenvalue weighted by atomic mass is 10.1. The van der Waals surface area contributed by atoms with Crippen LogP contribution in [0.5, 0.6) is 17.2 Å². The highest BCUT2D eigenvalue weighted by Crippen LogP contribution is 2.28. The van der Waals surface area contributed by atoms with E-state index in [1.165, 1.54) is 6.21 Å². The van der Waals surface area contributed by atoms with E-state index in [4.69, 9.17) is 14.2 Å². The molecular formula is C25H23N3O4. The zero-order chi connectivity index (χ0) is 22.8. The largest absolute Gasteiger partial charge is 0.494 e. The van der Waals surface area contributed by atoms with Crippen LogP contribution in [0.25, 0.3) is 0 Å². The van der Waals surface area contributed by atoms with Gasteiger partial charge in [0.1, 0.15) is 12.4 Å². The molecule has 0 aliphatic rings. The highest BCUT2D eigenvalue weighted by Gasteiger charge is 2.08. The summed E-state index contributed by atoms with van der Waals surface area (Å²) in [4.78, 5) is 12.2. The standard InChI is InChI=1S/C25H23N3O4/c1-3-31-22-11-9-19(10-12-22)25(29)28-27-16-18-8-13-23(24(14-18)30-2)32-17-21-7-5-4-6-20(21)15-26/h4-14,16H,3,17H2,1-2H3,(H,28,29)/b27-16+. The predicted molar refractivity (Wildman–Crippen MR) is 121 cm³/mol. The second-order valence-electron chi connectivity index (χ2n) is 6.62. The van der Waals surface area contributed by atoms with Crippen molar-refractivity contribution in [3.8, 4) is 23.3 Å². The summed E-state index contributed by atoms with van der Waals surface area (Å²) in [5.41, 5.74) is 5.05. The molecule has 0 spiro atoms. The summed E-state index contributed by atoms with van der Waals surface area (Å²) in [6.45, 7) is 2.71. The van der Waals surface area contributed by atoms with Crippen LogP contribution in [0.4, 0.5) is 0 Å². The van der Waals surface area contributed by atoms with Crippen molar-refractivity contribution in [2.45, 2.75) is 13.5 Å². The normalized spacial score (nSPS) is 10.4. The molecule has 0 heterocycles. The van der Waals surface area contributed by atoms with Crippen LogP contribution < -0.4 is 19.6 Å². The number of carbonyl (C=O) groups is 1. The number of nitrogens with one attached hydrogen (secondary N) is 1. The molecule has 7 heteroatoms. The molecule has 0 atom stereocenters. The molecule has 0 unspecified atom stereocenters. The summed E-state index contributed by atoms with van der Waals surface area (Å²) in [7, 11) is 1.54. The summed E-state index contributed by atoms with van der Waals surface area (Å²) in [6.07, 6.45) is 1.52. The zero-order valence-corrected chi connectivity index (χ0v) is 17.9. The smallest absolute Gasteiger partial charge is 0.271 e. The van der Waals surface area contributed by atoms with Crippen molar-refractivity contribution in [1.82, 2.24) is 5.43 Å². The van der Waals surface area contributed by atoms with Gasteiger partial charge in [-0.25, -0.2) is 5.43 Å². The number of carbonyl (C=O) groups excluding carboxylic acids is 1. The molecule has 1 amide bonds. The number of nitrogens with zero attached hydrogens (tertiary/aromatic N) is 2. The molecule has 7 nitrogen and oxygen atoms in total. The van der Waals surface area contributed by atoms with Gasteiger partial charge in [0.25, 0.3) is 5.91 Å². The first-order chi connectivity index (χ1) is 15.6. The van der Waals surface area contributed by atoms with Crippen molar-refractivity contribution in [2.24, 2.45) is 5.10 Å². The van der Waals surface area contributed by atoms with Crippen LogP contribution in [0.1, 0.15) is 34.0 Å². The lowest BCUT2D eigenvalue weighted by molar-refractivity contribution is 0.0955. The maximum Gasteiger partial charge on any atom is 0.271 e. The highest BCUT2D eigenvalue weighted by molar-refractivity contribution is 5.95. The molecule has 3 aromatic rings. The number of hydrogen-bond acceptors (Lipinski definition) is 6. The topological polar surface area (TPSA) is 92.9 Å². The fourth-order valence-corrected chi connectivity index (χ4v) is 2.89. The number of ether oxygens (including phenoxy) is 3. The first-order valence-corrected chi connectivity index (χ1v) is 9.99. The Kier molecular flexibility index (Phi) is 7.82. The number of amides is 1. The predicted octanol–water partition coefficient (Wildman–Crippen LogP) is 4.31. The number of benzene rings is 3. The SMILES string of the molecule is CCOc1ccc(C(=O)N/N=C/c2ccc(OCc3ccccc3C#N)c(OC)c2)cc1. The average molecular weight is 429 g/mol. The van der Waals surface area contributed by atoms with E-state index in [1.54, 1.807) is 55.6 Å². The molecule has 0 aliphatic carbocycles. The van der Waals surface area contributed by atoms with E-state index >= 15 is 0 Å². The van der Waals surface area contributed by atoms with Crippen molar-refractivity contribution in [2.75, 3.05) is 13.7 Å². The molecule has 162 valence electrons. The number of methoxy groups -OCH3 is 1. The Hall–Kier alpha value is -4.31. The fraction of sp³-hybridized carbons (Fsp3) is 0.160. The third-order valence-corrected chi connectivity index (χ3v) is 4.52. The zero-order valence-electron chi connectivity index (χ0n) is 17.9. The third kappa shape index (κ3) is 5.86. The maximum absolute atomic E-state index is 12.2. The van der Waals surface area contributed by atoms with E-state index in [1.807, 2.05) is 25.1 Å². The highest BCUT2D eigenvalue weighted by atomic mass is 16.5. The molecule has 0 aromatic heterocycles. The number of hydrazone groups is 1. The molecule has 0 saturated heterocycles. The lowest BCUT2D eigenvalue weighted by Crippen LogP contribution is -2.17. The Morgan fingerprint density at radius 1 is 1.06 bits per heavy atom. The number of rotatable bonds is 9. The number of nitriles is 1. The first-order valence-electron chi connectivity index (χ1n) is 9.99. The van der Waals surface area contributed by atoms with Crippen LogP contribution in [0.15, 0.2) is 71.8 Å². The molecule has 3 rings (SSSR count). The van der Waals surface area contributed by atoms with Crippen LogP contribution in [0.3, 0.4) is 0 Å². The first kappa shape index (κ1) is 22.4. The van der Waals surface area contributed by atoms with E-state index < -0.39 is 0 Å². The van der Waals surface area contributed by atoms with Gasteiger partial charge in [0.05, 0.1) is 31.6 Å². The van der Waals surface area contributed by atoms with Gasteiger partial charge in [-0.2, -0.15) is 10.4 Å². The van der Waals surface area contributed by atoms with Gasteiger partial charge in [-0.05, 0) is 61.0 Å². The van der Waals surface area contributed by atoms with Crippen LogP contribution in [0.2, 0.25) is 0 Å². The van der Waals surface area contributed by atoms with Gasteiger partial charge in [0, 0.05) is 11.1 Å². The minimum Gasteiger partial charge on any atom is -0.494 e. The van der Waals surface area contributed by atoms with Crippen molar-refractivity contribution in [3.63, 3.8) is 0 Å². The van der Waals surface area contributed by atoms with E-state index in [-0.39, 0.29) is 12.5 Å². The quantitative estimate of drug-likeness (QED) is 0.404. The van der Waals surface area contributed by atoms with E-state index in [9.17, 15) is 10.1 Å². The fourth-order valence-electron chi connectivity index (χ4n) is 2.89. The van der Waals surface area contributed by atoms with Gasteiger partial charge in [-0.15, -0.1) is 0 Å². The molecule has 0 aliphatic heterocycles. The van der Waals surface area contributed by atoms with Crippen molar-refractivity contribution < 1.29 is 19.0 Å². The van der Waals surface area contributed by atoms with Crippen molar-refractivity contribution in [3.05, 3.63) is 89.0 Å². The second kappa shape index (κ2) is 11.2. The summed E-state index contributed by atoms with van der Waals surface area (Å²) in [5, 5.41) is 13.2. The van der Waals surface area contributed by atoms with E-state index in [0.717, 1.165) is 11.1 Å². The van der Waals surface area contributed by atoms with Crippen LogP contribution in [-0.2, 0) is 6.61 Å². The molecular weight excluding hydrogens is 406 g/mol. The van der Waals surface area contributed by atoms with E-state index in [2.05, 4.69) is 16.6 Å². The summed E-state index contributed by atoms with van der Waals surface area (Å²) in [5.74, 6) is 1.43. The molecule has 0 fully saturated rings. The Morgan fingerprint density at radius 3 is 2.56 bits per heavy atom. The van der Waals surface area contributed by atoms with Gasteiger partial charge in [0.2, 0.25) is 0 Å². The summed E-state index contributed by atoms with van der Waals surface area (Å²) >= 11 is 0. The Bertz CT molecular complexity index is 1130. The second-order valence-corrected chi connectivity index (χ2v) is 6.62. The van der Waals surface area contributed by atoms with Gasteiger partial charge < -0.3 is 14.2 Å². The maximum atomic E-state index is 12.2. The van der Waals surface area contributed by atoms with Crippen LogP contribution in [0, 0.1) is 11.3 Å². The lowest BCUT2D eigenvalue weighted by Gasteiger charge is -2.12. The Balaban J connectivity index is 1.61. The molecule has 0 radical (unpaired) electrons. The summed E-state index contributed by atoms with van der Waals surface area (Å²) < 4.78 is 16.6. The average Bonchev–Trinajstić information content (AvgIpc) is 2.83. The van der Waals surface area contributed by atoms with Crippen LogP contribution >= 0.6 is 0 Å². The van der Waals surface area contributed by atoms with Gasteiger partial charge in [-0.3, -0.25) is 4.79 Å². The minimum absolute atomic E-state index is 0.242. The molecule has 0 bridgehead atoms. The Labute approximate surface area is 186 Å². The van der Waals surface area contributed by atoms with Crippen molar-refractivity contribution >= 4 is 12.1 Å². The third-order valence-electron chi connectivity index (χ3n) is 4.52. The van der Waals surface area contributed by atoms with Gasteiger partial charge >= 0.3 is 0 Å². The summed E-state index contributed by atoms with van der Waals surface area (Å²) in [6, 6.07) is 21.5. The van der Waals surface area contributed by atoms with E-state index in [0.29, 0.717) is 35.0 Å². The molecule has 3 aromatic carbocycles.